The van der Waals surface area contributed by atoms with Gasteiger partial charge in [-0.15, -0.1) is 0 Å². The van der Waals surface area contributed by atoms with Crippen molar-refractivity contribution in [3.05, 3.63) is 41.7 Å². The van der Waals surface area contributed by atoms with Crippen LogP contribution >= 0.6 is 11.3 Å². The second-order valence-corrected chi connectivity index (χ2v) is 8.97. The standard InChI is InChI=1S/C22H24F2N6O3S/c1-12(31)33-13-5-4-9-30(10-8-13)22-16(11-26-29(22)2)27-20(32)18-19(25)34-21(28-18)17-14(23)6-3-7-15(17)24/h3,6-7,11,13H,4-5,8-10,25H2,1-2H3,(H,27,32). The molecule has 0 bridgehead atoms. The normalized spacial score (nSPS) is 16.2. The maximum absolute atomic E-state index is 14.2. The van der Waals surface area contributed by atoms with Crippen molar-refractivity contribution in [3.63, 3.8) is 0 Å². The first-order chi connectivity index (χ1) is 16.2. The number of nitrogens with zero attached hydrogens (tertiary/aromatic N) is 4. The molecule has 0 radical (unpaired) electrons. The minimum Gasteiger partial charge on any atom is -0.462 e. The molecule has 1 saturated heterocycles. The molecule has 2 aromatic heterocycles. The molecule has 3 N–H and O–H groups in total. The van der Waals surface area contributed by atoms with Gasteiger partial charge in [-0.1, -0.05) is 17.4 Å². The van der Waals surface area contributed by atoms with Crippen molar-refractivity contribution >= 4 is 39.7 Å². The molecule has 1 aliphatic rings. The van der Waals surface area contributed by atoms with Gasteiger partial charge in [0.05, 0.1) is 11.8 Å². The van der Waals surface area contributed by atoms with Gasteiger partial charge in [-0.05, 0) is 25.0 Å². The van der Waals surface area contributed by atoms with Crippen LogP contribution in [0.25, 0.3) is 10.6 Å². The Bertz CT molecular complexity index is 1210. The number of hydrogen-bond donors (Lipinski definition) is 2. The quantitative estimate of drug-likeness (QED) is 0.525. The van der Waals surface area contributed by atoms with Crippen LogP contribution in [-0.4, -0.2) is 45.8 Å². The highest BCUT2D eigenvalue weighted by atomic mass is 32.1. The molecule has 0 aliphatic carbocycles. The van der Waals surface area contributed by atoms with E-state index in [4.69, 9.17) is 10.5 Å². The van der Waals surface area contributed by atoms with Gasteiger partial charge in [0, 0.05) is 33.5 Å². The minimum atomic E-state index is -0.788. The van der Waals surface area contributed by atoms with Gasteiger partial charge in [-0.2, -0.15) is 5.10 Å². The van der Waals surface area contributed by atoms with Crippen LogP contribution in [0.2, 0.25) is 0 Å². The highest BCUT2D eigenvalue weighted by Gasteiger charge is 2.26. The number of thiazole rings is 1. The molecule has 9 nitrogen and oxygen atoms in total. The maximum atomic E-state index is 14.2. The molecule has 0 spiro atoms. The van der Waals surface area contributed by atoms with Crippen LogP contribution in [0.15, 0.2) is 24.4 Å². The van der Waals surface area contributed by atoms with E-state index in [9.17, 15) is 18.4 Å². The van der Waals surface area contributed by atoms with Crippen LogP contribution in [0, 0.1) is 11.6 Å². The van der Waals surface area contributed by atoms with Gasteiger partial charge in [0.2, 0.25) is 0 Å². The molecule has 12 heteroatoms. The van der Waals surface area contributed by atoms with Gasteiger partial charge in [0.25, 0.3) is 5.91 Å². The van der Waals surface area contributed by atoms with E-state index in [-0.39, 0.29) is 33.3 Å². The molecule has 1 fully saturated rings. The SMILES string of the molecule is CC(=O)OC1CCCN(c2c(NC(=O)c3nc(-c4c(F)cccc4F)sc3N)cnn2C)CC1. The number of benzene rings is 1. The molecule has 1 aliphatic heterocycles. The molecule has 0 saturated carbocycles. The van der Waals surface area contributed by atoms with Crippen LogP contribution in [0.3, 0.4) is 0 Å². The number of anilines is 3. The molecular formula is C22H24F2N6O3S. The Morgan fingerprint density at radius 1 is 1.24 bits per heavy atom. The molecule has 4 rings (SSSR count). The van der Waals surface area contributed by atoms with E-state index in [0.717, 1.165) is 36.3 Å². The second-order valence-electron chi connectivity index (χ2n) is 7.94. The summed E-state index contributed by atoms with van der Waals surface area (Å²) in [5, 5.41) is 7.05. The Morgan fingerprint density at radius 3 is 2.68 bits per heavy atom. The Morgan fingerprint density at radius 2 is 1.97 bits per heavy atom. The van der Waals surface area contributed by atoms with Gasteiger partial charge in [0.1, 0.15) is 33.4 Å². The Hall–Kier alpha value is -3.54. The van der Waals surface area contributed by atoms with Crippen LogP contribution < -0.4 is 16.0 Å². The maximum Gasteiger partial charge on any atom is 0.302 e. The fourth-order valence-corrected chi connectivity index (χ4v) is 4.89. The number of nitrogen functional groups attached to an aromatic ring is 1. The summed E-state index contributed by atoms with van der Waals surface area (Å²) < 4.78 is 35.3. The van der Waals surface area contributed by atoms with E-state index < -0.39 is 17.5 Å². The zero-order chi connectivity index (χ0) is 24.4. The number of aryl methyl sites for hydroxylation is 1. The fraction of sp³-hybridized carbons (Fsp3) is 0.364. The van der Waals surface area contributed by atoms with Gasteiger partial charge in [0.15, 0.2) is 11.5 Å². The third kappa shape index (κ3) is 4.86. The number of aromatic nitrogens is 3. The van der Waals surface area contributed by atoms with E-state index in [2.05, 4.69) is 20.3 Å². The molecule has 1 unspecified atom stereocenters. The van der Waals surface area contributed by atoms with Crippen molar-refractivity contribution in [2.24, 2.45) is 7.05 Å². The molecule has 3 heterocycles. The van der Waals surface area contributed by atoms with Crippen molar-refractivity contribution in [2.75, 3.05) is 29.0 Å². The van der Waals surface area contributed by atoms with E-state index in [0.29, 0.717) is 31.0 Å². The molecule has 1 atom stereocenters. The van der Waals surface area contributed by atoms with Crippen molar-refractivity contribution in [3.8, 4) is 10.6 Å². The first-order valence-corrected chi connectivity index (χ1v) is 11.5. The lowest BCUT2D eigenvalue weighted by atomic mass is 10.2. The van der Waals surface area contributed by atoms with E-state index in [1.807, 2.05) is 0 Å². The number of halogens is 2. The van der Waals surface area contributed by atoms with Crippen LogP contribution in [-0.2, 0) is 16.6 Å². The fourth-order valence-electron chi connectivity index (χ4n) is 4.01. The summed E-state index contributed by atoms with van der Waals surface area (Å²) in [6.45, 7) is 2.69. The lowest BCUT2D eigenvalue weighted by Gasteiger charge is -2.24. The number of carbonyl (C=O) groups is 2. The first-order valence-electron chi connectivity index (χ1n) is 10.7. The van der Waals surface area contributed by atoms with Crippen LogP contribution in [0.1, 0.15) is 36.7 Å². The summed E-state index contributed by atoms with van der Waals surface area (Å²) in [5.74, 6) is -1.81. The lowest BCUT2D eigenvalue weighted by molar-refractivity contribution is -0.146. The Kier molecular flexibility index (Phi) is 6.77. The molecule has 180 valence electrons. The Labute approximate surface area is 198 Å². The van der Waals surface area contributed by atoms with Crippen molar-refractivity contribution in [1.82, 2.24) is 14.8 Å². The number of nitrogens with two attached hydrogens (primary N) is 1. The van der Waals surface area contributed by atoms with Crippen molar-refractivity contribution in [2.45, 2.75) is 32.3 Å². The zero-order valence-corrected chi connectivity index (χ0v) is 19.5. The summed E-state index contributed by atoms with van der Waals surface area (Å²) in [7, 11) is 1.76. The number of amides is 1. The summed E-state index contributed by atoms with van der Waals surface area (Å²) in [6, 6.07) is 3.48. The van der Waals surface area contributed by atoms with E-state index >= 15 is 0 Å². The molecule has 34 heavy (non-hydrogen) atoms. The number of nitrogens with one attached hydrogen (secondary N) is 1. The predicted octanol–water partition coefficient (Wildman–Crippen LogP) is 3.58. The topological polar surface area (TPSA) is 115 Å². The summed E-state index contributed by atoms with van der Waals surface area (Å²) in [5.41, 5.74) is 5.97. The van der Waals surface area contributed by atoms with Crippen molar-refractivity contribution in [1.29, 1.82) is 0 Å². The number of carbonyl (C=O) groups excluding carboxylic acids is 2. The third-order valence-corrected chi connectivity index (χ3v) is 6.41. The van der Waals surface area contributed by atoms with Gasteiger partial charge in [-0.25, -0.2) is 13.8 Å². The van der Waals surface area contributed by atoms with Gasteiger partial charge < -0.3 is 20.7 Å². The highest BCUT2D eigenvalue weighted by Crippen LogP contribution is 2.34. The third-order valence-electron chi connectivity index (χ3n) is 5.51. The molecular weight excluding hydrogens is 466 g/mol. The van der Waals surface area contributed by atoms with Crippen LogP contribution in [0.4, 0.5) is 25.3 Å². The van der Waals surface area contributed by atoms with E-state index in [1.54, 1.807) is 11.7 Å². The largest absolute Gasteiger partial charge is 0.462 e. The monoisotopic (exact) mass is 490 g/mol. The van der Waals surface area contributed by atoms with Gasteiger partial charge in [-0.3, -0.25) is 14.3 Å². The molecule has 1 aromatic carbocycles. The van der Waals surface area contributed by atoms with Gasteiger partial charge >= 0.3 is 5.97 Å². The number of esters is 1. The van der Waals surface area contributed by atoms with E-state index in [1.165, 1.54) is 19.2 Å². The Balaban J connectivity index is 1.54. The average molecular weight is 491 g/mol. The highest BCUT2D eigenvalue weighted by molar-refractivity contribution is 7.19. The smallest absolute Gasteiger partial charge is 0.302 e. The molecule has 3 aromatic rings. The van der Waals surface area contributed by atoms with Crippen molar-refractivity contribution < 1.29 is 23.1 Å². The average Bonchev–Trinajstić information content (AvgIpc) is 3.23. The summed E-state index contributed by atoms with van der Waals surface area (Å²) in [6.07, 6.45) is 3.56. The molecule has 1 amide bonds. The number of ether oxygens (including phenoxy) is 1. The first kappa shape index (κ1) is 23.6. The number of rotatable bonds is 5. The summed E-state index contributed by atoms with van der Waals surface area (Å²) in [4.78, 5) is 30.5. The predicted molar refractivity (Wildman–Crippen MR) is 125 cm³/mol. The van der Waals surface area contributed by atoms with Crippen LogP contribution in [0.5, 0.6) is 0 Å². The zero-order valence-electron chi connectivity index (χ0n) is 18.7. The summed E-state index contributed by atoms with van der Waals surface area (Å²) >= 11 is 0.833. The lowest BCUT2D eigenvalue weighted by Crippen LogP contribution is -2.28. The second kappa shape index (κ2) is 9.75. The number of hydrogen-bond acceptors (Lipinski definition) is 8. The minimum absolute atomic E-state index is 0.0197.